The number of benzene rings is 2. The predicted octanol–water partition coefficient (Wildman–Crippen LogP) is 7.28. The molecule has 1 fully saturated rings. The van der Waals surface area contributed by atoms with Crippen LogP contribution in [0.15, 0.2) is 53.1 Å². The first-order valence-electron chi connectivity index (χ1n) is 13.2. The second kappa shape index (κ2) is 15.4. The highest BCUT2D eigenvalue weighted by Gasteiger charge is 2.23. The summed E-state index contributed by atoms with van der Waals surface area (Å²) >= 11 is 7.55. The zero-order valence-corrected chi connectivity index (χ0v) is 25.2. The maximum Gasteiger partial charge on any atom is 0.314 e. The van der Waals surface area contributed by atoms with E-state index in [4.69, 9.17) is 16.0 Å². The van der Waals surface area contributed by atoms with Gasteiger partial charge in [0.1, 0.15) is 11.6 Å². The molecule has 3 aromatic rings. The van der Waals surface area contributed by atoms with Crippen LogP contribution in [0.5, 0.6) is 0 Å². The van der Waals surface area contributed by atoms with Gasteiger partial charge in [-0.05, 0) is 43.5 Å². The van der Waals surface area contributed by atoms with Gasteiger partial charge in [0.05, 0.1) is 17.3 Å². The molecule has 1 saturated heterocycles. The van der Waals surface area contributed by atoms with E-state index in [1.807, 2.05) is 36.5 Å². The number of allylic oxidation sites excluding steroid dienone is 1. The van der Waals surface area contributed by atoms with E-state index in [1.54, 1.807) is 6.07 Å². The van der Waals surface area contributed by atoms with Gasteiger partial charge in [0.2, 0.25) is 5.89 Å². The van der Waals surface area contributed by atoms with Crippen LogP contribution in [0.2, 0.25) is 5.02 Å². The van der Waals surface area contributed by atoms with Crippen molar-refractivity contribution < 1.29 is 22.0 Å². The van der Waals surface area contributed by atoms with Gasteiger partial charge in [-0.25, -0.2) is 8.78 Å². The number of halogens is 5. The van der Waals surface area contributed by atoms with E-state index in [1.165, 1.54) is 42.3 Å². The molecule has 0 aliphatic carbocycles. The third kappa shape index (κ3) is 8.60. The highest BCUT2D eigenvalue weighted by molar-refractivity contribution is 7.96. The predicted molar refractivity (Wildman–Crippen MR) is 157 cm³/mol. The molecule has 0 atom stereocenters. The van der Waals surface area contributed by atoms with Crippen molar-refractivity contribution in [3.63, 3.8) is 0 Å². The van der Waals surface area contributed by atoms with Crippen LogP contribution in [0, 0.1) is 11.6 Å². The van der Waals surface area contributed by atoms with E-state index in [0.29, 0.717) is 17.8 Å². The Kier molecular flexibility index (Phi) is 12.3. The molecule has 0 bridgehead atoms. The van der Waals surface area contributed by atoms with Gasteiger partial charge >= 0.3 is 6.43 Å². The monoisotopic (exact) mass is 614 g/mol. The maximum atomic E-state index is 15.3. The van der Waals surface area contributed by atoms with Crippen molar-refractivity contribution in [2.45, 2.75) is 33.7 Å². The van der Waals surface area contributed by atoms with Crippen LogP contribution >= 0.6 is 23.5 Å². The minimum absolute atomic E-state index is 0.0449. The lowest BCUT2D eigenvalue weighted by Crippen LogP contribution is -2.48. The molecule has 13 heteroatoms. The highest BCUT2D eigenvalue weighted by Crippen LogP contribution is 2.30. The molecular formula is C28H35ClF4N6OS. The van der Waals surface area contributed by atoms with Gasteiger partial charge in [0, 0.05) is 56.1 Å². The lowest BCUT2D eigenvalue weighted by Gasteiger charge is -2.39. The molecule has 2 heterocycles. The van der Waals surface area contributed by atoms with E-state index in [0.717, 1.165) is 38.4 Å². The number of hydrogen-bond donors (Lipinski definition) is 0. The molecule has 224 valence electrons. The molecule has 0 radical (unpaired) electrons. The van der Waals surface area contributed by atoms with Crippen LogP contribution < -0.4 is 5.01 Å². The zero-order chi connectivity index (χ0) is 30.1. The van der Waals surface area contributed by atoms with Crippen molar-refractivity contribution >= 4 is 29.2 Å². The maximum absolute atomic E-state index is 15.3. The summed E-state index contributed by atoms with van der Waals surface area (Å²) in [5.41, 5.74) is 2.15. The van der Waals surface area contributed by atoms with Crippen molar-refractivity contribution in [2.75, 3.05) is 50.5 Å². The molecule has 41 heavy (non-hydrogen) atoms. The summed E-state index contributed by atoms with van der Waals surface area (Å²) in [5.74, 6) is -2.16. The fraction of sp³-hybridized carbons (Fsp3) is 0.429. The van der Waals surface area contributed by atoms with Crippen molar-refractivity contribution in [3.8, 4) is 11.5 Å². The number of alkyl halides is 2. The minimum Gasteiger partial charge on any atom is -0.415 e. The summed E-state index contributed by atoms with van der Waals surface area (Å²) in [7, 11) is 0. The Hall–Kier alpha value is -2.80. The normalized spacial score (nSPS) is 13.9. The van der Waals surface area contributed by atoms with Crippen LogP contribution in [0.3, 0.4) is 0 Å². The summed E-state index contributed by atoms with van der Waals surface area (Å²) in [6.07, 6.45) is -1.01. The van der Waals surface area contributed by atoms with Crippen LogP contribution in [0.25, 0.3) is 11.5 Å². The number of hydrazine groups is 1. The van der Waals surface area contributed by atoms with E-state index in [2.05, 4.69) is 26.6 Å². The van der Waals surface area contributed by atoms with Crippen LogP contribution in [-0.4, -0.2) is 69.9 Å². The highest BCUT2D eigenvalue weighted by atomic mass is 35.5. The fourth-order valence-corrected chi connectivity index (χ4v) is 5.03. The van der Waals surface area contributed by atoms with Crippen molar-refractivity contribution in [3.05, 3.63) is 76.8 Å². The van der Waals surface area contributed by atoms with Gasteiger partial charge in [-0.2, -0.15) is 13.2 Å². The summed E-state index contributed by atoms with van der Waals surface area (Å²) in [5, 5.41) is 8.66. The van der Waals surface area contributed by atoms with Gasteiger partial charge in [0.15, 0.2) is 0 Å². The molecule has 4 rings (SSSR count). The summed E-state index contributed by atoms with van der Waals surface area (Å²) < 4.78 is 61.8. The lowest BCUT2D eigenvalue weighted by molar-refractivity contribution is 0.116. The molecule has 7 nitrogen and oxygen atoms in total. The number of hydrogen-bond acceptors (Lipinski definition) is 8. The largest absolute Gasteiger partial charge is 0.415 e. The third-order valence-electron chi connectivity index (χ3n) is 6.45. The van der Waals surface area contributed by atoms with E-state index < -0.39 is 24.0 Å². The molecular weight excluding hydrogens is 580 g/mol. The van der Waals surface area contributed by atoms with Crippen molar-refractivity contribution in [2.24, 2.45) is 0 Å². The zero-order valence-electron chi connectivity index (χ0n) is 23.6. The Morgan fingerprint density at radius 2 is 1.78 bits per heavy atom. The van der Waals surface area contributed by atoms with Crippen molar-refractivity contribution in [1.82, 2.24) is 24.4 Å². The molecule has 0 amide bonds. The van der Waals surface area contributed by atoms with Crippen LogP contribution in [0.4, 0.5) is 23.2 Å². The Morgan fingerprint density at radius 3 is 2.34 bits per heavy atom. The van der Waals surface area contributed by atoms with Gasteiger partial charge in [0.25, 0.3) is 5.89 Å². The molecule has 1 aromatic heterocycles. The minimum atomic E-state index is -2.92. The second-order valence-electron chi connectivity index (χ2n) is 9.03. The fourth-order valence-electron chi connectivity index (χ4n) is 4.24. The first kappa shape index (κ1) is 32.7. The average molecular weight is 615 g/mol. The number of nitrogens with zero attached hydrogens (tertiary/aromatic N) is 6. The first-order valence-corrected chi connectivity index (χ1v) is 14.8. The standard InChI is InChI=1S/C26H29ClF4N6OS.C2H6/c1-17(2)35-11-8-34(9-12-35)10-13-37(39-3)36(20-6-7-22(28)21(27)15-20)16-19-5-4-18(14-23(19)29)25-32-33-26(38-25)24(30)31;1-2/h4-7,14-15,24H,1,8-13,16H2,2-3H3;1-2H3. The van der Waals surface area contributed by atoms with Gasteiger partial charge in [-0.3, -0.25) is 9.91 Å². The topological polar surface area (TPSA) is 51.9 Å². The Balaban J connectivity index is 0.00000226. The van der Waals surface area contributed by atoms with Crippen LogP contribution in [0.1, 0.15) is 38.7 Å². The quantitative estimate of drug-likeness (QED) is 0.127. The molecule has 1 aliphatic rings. The average Bonchev–Trinajstić information content (AvgIpc) is 3.47. The molecule has 2 aromatic carbocycles. The number of rotatable bonds is 11. The summed E-state index contributed by atoms with van der Waals surface area (Å²) in [6, 6.07) is 8.59. The van der Waals surface area contributed by atoms with Gasteiger partial charge in [-0.15, -0.1) is 10.2 Å². The Morgan fingerprint density at radius 1 is 1.07 bits per heavy atom. The van der Waals surface area contributed by atoms with Gasteiger partial charge < -0.3 is 9.32 Å². The smallest absolute Gasteiger partial charge is 0.314 e. The van der Waals surface area contributed by atoms with Gasteiger partial charge in [-0.1, -0.05) is 50.0 Å². The van der Waals surface area contributed by atoms with E-state index in [9.17, 15) is 13.2 Å². The summed E-state index contributed by atoms with van der Waals surface area (Å²) in [6.45, 7) is 15.1. The Bertz CT molecular complexity index is 1290. The number of anilines is 1. The first-order chi connectivity index (χ1) is 19.7. The van der Waals surface area contributed by atoms with Crippen LogP contribution in [-0.2, 0) is 6.54 Å². The second-order valence-corrected chi connectivity index (χ2v) is 10.2. The Labute approximate surface area is 247 Å². The SMILES string of the molecule is C=C(C)N1CCN(CCN(SC)N(Cc2ccc(-c3nnc(C(F)F)o3)cc2F)c2ccc(F)c(Cl)c2)CC1.CC. The molecule has 0 spiro atoms. The van der Waals surface area contributed by atoms with E-state index in [-0.39, 0.29) is 23.0 Å². The van der Waals surface area contributed by atoms with Crippen molar-refractivity contribution in [1.29, 1.82) is 0 Å². The molecule has 0 saturated carbocycles. The number of piperazine rings is 1. The van der Waals surface area contributed by atoms with E-state index >= 15 is 4.39 Å². The molecule has 1 aliphatic heterocycles. The number of aromatic nitrogens is 2. The lowest BCUT2D eigenvalue weighted by atomic mass is 10.1. The summed E-state index contributed by atoms with van der Waals surface area (Å²) in [4.78, 5) is 4.61. The third-order valence-corrected chi connectivity index (χ3v) is 7.54. The molecule has 0 N–H and O–H groups in total. The molecule has 0 unspecified atom stereocenters.